The third kappa shape index (κ3) is 4.71. The second kappa shape index (κ2) is 6.64. The first-order valence-electron chi connectivity index (χ1n) is 4.18. The number of hydrogen-bond donors (Lipinski definition) is 2. The molecule has 2 N–H and O–H groups in total. The average molecular weight is 172 g/mol. The van der Waals surface area contributed by atoms with Crippen molar-refractivity contribution in [1.82, 2.24) is 5.32 Å². The molecule has 0 spiro atoms. The van der Waals surface area contributed by atoms with Crippen molar-refractivity contribution < 1.29 is 9.78 Å². The summed E-state index contributed by atoms with van der Waals surface area (Å²) >= 11 is 0. The lowest BCUT2D eigenvalue weighted by atomic mass is 10.3. The molecule has 0 aromatic carbocycles. The highest BCUT2D eigenvalue weighted by molar-refractivity contribution is 6.26. The Labute approximate surface area is 73.6 Å². The quantitative estimate of drug-likeness (QED) is 0.162. The summed E-state index contributed by atoms with van der Waals surface area (Å²) in [6, 6.07) is 0. The Bertz CT molecular complexity index is 171. The normalized spacial score (nSPS) is 10.2. The number of nitrogens with zero attached hydrogens (tertiary/aromatic N) is 2. The van der Waals surface area contributed by atoms with E-state index in [4.69, 9.17) is 5.21 Å². The molecule has 12 heavy (non-hydrogen) atoms. The van der Waals surface area contributed by atoms with Gasteiger partial charge in [-0.3, -0.25) is 9.89 Å². The minimum Gasteiger partial charge on any atom is -0.411 e. The van der Waals surface area contributed by atoms with Crippen molar-refractivity contribution in [2.24, 2.45) is 5.16 Å². The van der Waals surface area contributed by atoms with E-state index in [2.05, 4.69) is 17.4 Å². The summed E-state index contributed by atoms with van der Waals surface area (Å²) < 4.78 is 1.87. The van der Waals surface area contributed by atoms with Gasteiger partial charge in [0.25, 0.3) is 5.84 Å². The van der Waals surface area contributed by atoms with Gasteiger partial charge >= 0.3 is 0 Å². The lowest BCUT2D eigenvalue weighted by Gasteiger charge is -1.99. The Morgan fingerprint density at radius 2 is 2.25 bits per heavy atom. The van der Waals surface area contributed by atoms with Crippen LogP contribution >= 0.6 is 0 Å². The van der Waals surface area contributed by atoms with Gasteiger partial charge in [0.2, 0.25) is 0 Å². The molecule has 0 aromatic heterocycles. The summed E-state index contributed by atoms with van der Waals surface area (Å²) in [6.07, 6.45) is 3.68. The van der Waals surface area contributed by atoms with Crippen LogP contribution in [0.1, 0.15) is 19.8 Å². The van der Waals surface area contributed by atoms with Crippen LogP contribution in [0, 0.1) is 0 Å². The SMILES string of the molecule is CCCCNC(/C=N/O)=[N+](C)C. The number of amidine groups is 1. The molecular formula is C8H18N3O+. The zero-order valence-electron chi connectivity index (χ0n) is 8.04. The lowest BCUT2D eigenvalue weighted by Crippen LogP contribution is -2.32. The van der Waals surface area contributed by atoms with Gasteiger partial charge in [-0.05, 0) is 6.42 Å². The maximum atomic E-state index is 8.32. The smallest absolute Gasteiger partial charge is 0.291 e. The summed E-state index contributed by atoms with van der Waals surface area (Å²) in [7, 11) is 3.80. The Balaban J connectivity index is 3.90. The van der Waals surface area contributed by atoms with Crippen molar-refractivity contribution in [3.8, 4) is 0 Å². The van der Waals surface area contributed by atoms with Crippen LogP contribution in [0.4, 0.5) is 0 Å². The van der Waals surface area contributed by atoms with Gasteiger partial charge in [-0.15, -0.1) is 0 Å². The fourth-order valence-electron chi connectivity index (χ4n) is 0.767. The Morgan fingerprint density at radius 3 is 2.67 bits per heavy atom. The van der Waals surface area contributed by atoms with E-state index in [0.29, 0.717) is 0 Å². The van der Waals surface area contributed by atoms with E-state index < -0.39 is 0 Å². The monoisotopic (exact) mass is 172 g/mol. The average Bonchev–Trinajstić information content (AvgIpc) is 2.03. The molecule has 0 aliphatic rings. The summed E-state index contributed by atoms with van der Waals surface area (Å²) in [4.78, 5) is 0. The van der Waals surface area contributed by atoms with E-state index in [1.165, 1.54) is 6.21 Å². The fourth-order valence-corrected chi connectivity index (χ4v) is 0.767. The largest absolute Gasteiger partial charge is 0.411 e. The van der Waals surface area contributed by atoms with Gasteiger partial charge < -0.3 is 5.21 Å². The van der Waals surface area contributed by atoms with Crippen LogP contribution in [0.15, 0.2) is 5.16 Å². The third-order valence-electron chi connectivity index (χ3n) is 1.50. The highest BCUT2D eigenvalue weighted by atomic mass is 16.4. The summed E-state index contributed by atoms with van der Waals surface area (Å²) in [5.74, 6) is 0.825. The second-order valence-corrected chi connectivity index (χ2v) is 2.80. The molecule has 0 aromatic rings. The fraction of sp³-hybridized carbons (Fsp3) is 0.750. The van der Waals surface area contributed by atoms with Crippen molar-refractivity contribution >= 4 is 12.1 Å². The van der Waals surface area contributed by atoms with Crippen LogP contribution in [0.3, 0.4) is 0 Å². The van der Waals surface area contributed by atoms with E-state index in [9.17, 15) is 0 Å². The van der Waals surface area contributed by atoms with Crippen molar-refractivity contribution in [2.75, 3.05) is 20.6 Å². The van der Waals surface area contributed by atoms with E-state index in [-0.39, 0.29) is 0 Å². The van der Waals surface area contributed by atoms with Crippen LogP contribution < -0.4 is 5.32 Å². The van der Waals surface area contributed by atoms with Gasteiger partial charge in [0, 0.05) is 0 Å². The molecule has 0 fully saturated rings. The molecule has 4 nitrogen and oxygen atoms in total. The van der Waals surface area contributed by atoms with Crippen LogP contribution in [-0.4, -0.2) is 42.5 Å². The van der Waals surface area contributed by atoms with E-state index in [1.807, 2.05) is 18.7 Å². The standard InChI is InChI=1S/C8H17N3O/c1-4-5-6-9-8(7-10-12)11(2)3/h7H,4-6H2,1-3H3,(H,9,12)/p+1. The zero-order chi connectivity index (χ0) is 9.40. The van der Waals surface area contributed by atoms with E-state index in [0.717, 1.165) is 25.2 Å². The number of unbranched alkanes of at least 4 members (excludes halogenated alkanes) is 1. The number of oxime groups is 1. The topological polar surface area (TPSA) is 47.6 Å². The molecule has 70 valence electrons. The molecule has 0 bridgehead atoms. The molecule has 4 heteroatoms. The molecule has 0 heterocycles. The van der Waals surface area contributed by atoms with Gasteiger partial charge in [-0.25, -0.2) is 0 Å². The predicted octanol–water partition coefficient (Wildman–Crippen LogP) is 0.507. The van der Waals surface area contributed by atoms with Crippen LogP contribution in [0.2, 0.25) is 0 Å². The molecule has 0 amide bonds. The van der Waals surface area contributed by atoms with Crippen LogP contribution in [-0.2, 0) is 0 Å². The zero-order valence-corrected chi connectivity index (χ0v) is 8.04. The molecule has 0 aliphatic carbocycles. The molecule has 0 unspecified atom stereocenters. The first kappa shape index (κ1) is 10.9. The van der Waals surface area contributed by atoms with Crippen LogP contribution in [0.5, 0.6) is 0 Å². The second-order valence-electron chi connectivity index (χ2n) is 2.80. The van der Waals surface area contributed by atoms with Crippen LogP contribution in [0.25, 0.3) is 0 Å². The lowest BCUT2D eigenvalue weighted by molar-refractivity contribution is -0.464. The molecular weight excluding hydrogens is 154 g/mol. The maximum absolute atomic E-state index is 8.32. The Kier molecular flexibility index (Phi) is 6.05. The Morgan fingerprint density at radius 1 is 1.58 bits per heavy atom. The van der Waals surface area contributed by atoms with Crippen molar-refractivity contribution in [3.05, 3.63) is 0 Å². The Hall–Kier alpha value is -1.06. The number of nitrogens with one attached hydrogen (secondary N) is 1. The molecule has 0 saturated heterocycles. The van der Waals surface area contributed by atoms with Gasteiger partial charge in [-0.1, -0.05) is 18.5 Å². The van der Waals surface area contributed by atoms with Gasteiger partial charge in [0.1, 0.15) is 0 Å². The molecule has 0 saturated carbocycles. The van der Waals surface area contributed by atoms with E-state index in [1.54, 1.807) is 0 Å². The first-order valence-corrected chi connectivity index (χ1v) is 4.18. The molecule has 0 radical (unpaired) electrons. The predicted molar refractivity (Wildman–Crippen MR) is 50.3 cm³/mol. The van der Waals surface area contributed by atoms with Gasteiger partial charge in [0.05, 0.1) is 20.6 Å². The number of rotatable bonds is 4. The minimum absolute atomic E-state index is 0.825. The van der Waals surface area contributed by atoms with Crippen molar-refractivity contribution in [1.29, 1.82) is 0 Å². The minimum atomic E-state index is 0.825. The van der Waals surface area contributed by atoms with Gasteiger partial charge in [0.15, 0.2) is 6.21 Å². The van der Waals surface area contributed by atoms with Gasteiger partial charge in [-0.2, -0.15) is 0 Å². The molecule has 0 atom stereocenters. The van der Waals surface area contributed by atoms with Crippen molar-refractivity contribution in [2.45, 2.75) is 19.8 Å². The maximum Gasteiger partial charge on any atom is 0.291 e. The van der Waals surface area contributed by atoms with E-state index >= 15 is 0 Å². The molecule has 0 rings (SSSR count). The summed E-state index contributed by atoms with van der Waals surface area (Å²) in [5, 5.41) is 14.4. The third-order valence-corrected chi connectivity index (χ3v) is 1.50. The number of hydrogen-bond acceptors (Lipinski definition) is 2. The summed E-state index contributed by atoms with van der Waals surface area (Å²) in [6.45, 7) is 3.05. The highest BCUT2D eigenvalue weighted by Gasteiger charge is 2.02. The van der Waals surface area contributed by atoms with Crippen molar-refractivity contribution in [3.63, 3.8) is 0 Å². The highest BCUT2D eigenvalue weighted by Crippen LogP contribution is 1.82. The summed E-state index contributed by atoms with van der Waals surface area (Å²) in [5.41, 5.74) is 0. The first-order chi connectivity index (χ1) is 5.72. The molecule has 0 aliphatic heterocycles.